The lowest BCUT2D eigenvalue weighted by atomic mass is 10.0. The van der Waals surface area contributed by atoms with Gasteiger partial charge in [0.25, 0.3) is 5.91 Å². The molecule has 3 rings (SSSR count). The second-order valence-electron chi connectivity index (χ2n) is 5.90. The van der Waals surface area contributed by atoms with Gasteiger partial charge in [-0.25, -0.2) is 14.6 Å². The third kappa shape index (κ3) is 3.78. The lowest BCUT2D eigenvalue weighted by Crippen LogP contribution is -2.50. The molecular weight excluding hydrogens is 398 g/mol. The van der Waals surface area contributed by atoms with Crippen molar-refractivity contribution in [2.75, 3.05) is 11.5 Å². The fourth-order valence-electron chi connectivity index (χ4n) is 2.74. The molecule has 0 radical (unpaired) electrons. The van der Waals surface area contributed by atoms with Crippen molar-refractivity contribution in [2.24, 2.45) is 16.1 Å². The van der Waals surface area contributed by atoms with Gasteiger partial charge in [-0.1, -0.05) is 0 Å². The number of aliphatic carboxylic acids is 1. The van der Waals surface area contributed by atoms with Crippen molar-refractivity contribution in [3.8, 4) is 0 Å². The van der Waals surface area contributed by atoms with Gasteiger partial charge < -0.3 is 20.9 Å². The molecule has 0 aliphatic carbocycles. The van der Waals surface area contributed by atoms with E-state index in [2.05, 4.69) is 20.5 Å². The van der Waals surface area contributed by atoms with Crippen LogP contribution in [-0.2, 0) is 19.1 Å². The predicted molar refractivity (Wildman–Crippen MR) is 97.4 cm³/mol. The second kappa shape index (κ2) is 7.60. The Kier molecular flexibility index (Phi) is 5.41. The van der Waals surface area contributed by atoms with Crippen molar-refractivity contribution in [3.05, 3.63) is 16.0 Å². The van der Waals surface area contributed by atoms with E-state index in [-0.39, 0.29) is 28.6 Å². The summed E-state index contributed by atoms with van der Waals surface area (Å²) < 4.78 is 5.10. The van der Waals surface area contributed by atoms with E-state index in [1.54, 1.807) is 6.92 Å². The van der Waals surface area contributed by atoms with Gasteiger partial charge in [-0.2, -0.15) is 0 Å². The molecule has 0 saturated carbocycles. The molecule has 3 unspecified atom stereocenters. The van der Waals surface area contributed by atoms with Crippen LogP contribution in [0.3, 0.4) is 0 Å². The van der Waals surface area contributed by atoms with E-state index >= 15 is 0 Å². The number of anilines is 1. The number of aromatic nitrogens is 1. The van der Waals surface area contributed by atoms with Crippen molar-refractivity contribution in [2.45, 2.75) is 30.5 Å². The van der Waals surface area contributed by atoms with Gasteiger partial charge in [0.05, 0.1) is 11.6 Å². The topological polar surface area (TPSA) is 173 Å². The number of hydrogen-bond donors (Lipinski definition) is 3. The van der Waals surface area contributed by atoms with Gasteiger partial charge >= 0.3 is 11.9 Å². The van der Waals surface area contributed by atoms with Crippen molar-refractivity contribution in [1.82, 2.24) is 10.3 Å². The molecule has 1 aromatic heterocycles. The smallest absolute Gasteiger partial charge is 0.353 e. The zero-order valence-corrected chi connectivity index (χ0v) is 15.5. The first kappa shape index (κ1) is 19.2. The van der Waals surface area contributed by atoms with Crippen LogP contribution in [0.1, 0.15) is 18.7 Å². The van der Waals surface area contributed by atoms with Crippen LogP contribution in [-0.4, -0.2) is 56.9 Å². The number of esters is 1. The summed E-state index contributed by atoms with van der Waals surface area (Å²) >= 11 is 2.21. The average molecular weight is 413 g/mol. The number of carbonyl (C=O) groups is 3. The maximum atomic E-state index is 12.4. The molecule has 0 spiro atoms. The monoisotopic (exact) mass is 413 g/mol. The Morgan fingerprint density at radius 2 is 2.26 bits per heavy atom. The predicted octanol–water partition coefficient (Wildman–Crippen LogP) is 0.178. The summed E-state index contributed by atoms with van der Waals surface area (Å²) in [5, 5.41) is 15.1. The minimum Gasteiger partial charge on any atom is -0.480 e. The Morgan fingerprint density at radius 1 is 1.52 bits per heavy atom. The number of fused-ring (bicyclic) bond motifs is 1. The quantitative estimate of drug-likeness (QED) is 0.434. The van der Waals surface area contributed by atoms with Crippen molar-refractivity contribution >= 4 is 51.8 Å². The van der Waals surface area contributed by atoms with Crippen LogP contribution in [0.5, 0.6) is 0 Å². The number of rotatable bonds is 6. The molecule has 0 aromatic carbocycles. The van der Waals surface area contributed by atoms with Crippen LogP contribution in [0.15, 0.2) is 15.5 Å². The first-order valence-electron chi connectivity index (χ1n) is 7.78. The number of aliphatic imine (C=N–C) groups is 1. The van der Waals surface area contributed by atoms with Crippen LogP contribution in [0.2, 0.25) is 0 Å². The van der Waals surface area contributed by atoms with Gasteiger partial charge in [-0.3, -0.25) is 9.79 Å². The number of thioether (sulfide) groups is 1. The number of carboxylic acid groups (broad SMARTS) is 1. The summed E-state index contributed by atoms with van der Waals surface area (Å²) in [4.78, 5) is 55.0. The summed E-state index contributed by atoms with van der Waals surface area (Å²) in [5.74, 6) is -2.67. The maximum Gasteiger partial charge on any atom is 0.353 e. The molecule has 2 aliphatic rings. The number of nitrogens with zero attached hydrogens (tertiary/aromatic N) is 3. The fourth-order valence-corrected chi connectivity index (χ4v) is 4.72. The third-order valence-electron chi connectivity index (χ3n) is 4.16. The molecule has 144 valence electrons. The largest absolute Gasteiger partial charge is 0.480 e. The molecule has 3 heterocycles. The first-order chi connectivity index (χ1) is 12.8. The molecule has 1 saturated heterocycles. The standard InChI is InChI=1S/C14H15N5O6S2/c1-4-5-2-26-11(18-7(5)13(23)25-4)9(12(21)22)17-10(20)8(19-24)6-3-27-14(15)16-6/h3-5,8-9,11H,2H2,1H3,(H2,15,16)(H,17,20)(H,21,22)/t4?,5?,8?,9-,11+/m0/s1. The highest BCUT2D eigenvalue weighted by atomic mass is 32.2. The number of nitrogens with two attached hydrogens (primary N) is 1. The number of cyclic esters (lactones) is 1. The summed E-state index contributed by atoms with van der Waals surface area (Å²) in [5.41, 5.74) is 5.69. The molecule has 1 amide bonds. The van der Waals surface area contributed by atoms with Gasteiger partial charge in [-0.15, -0.1) is 28.0 Å². The van der Waals surface area contributed by atoms with Crippen LogP contribution >= 0.6 is 23.1 Å². The number of carbonyl (C=O) groups excluding carboxylic acids is 2. The SMILES string of the molecule is CC1OC(=O)C2=N[C@@H]([C@H](NC(=O)C(N=O)c3csc(N)n3)C(=O)O)SCC21. The number of nitrogen functional groups attached to an aromatic ring is 1. The number of nitroso groups, excluding NO2 is 1. The number of carboxylic acids is 1. The molecule has 2 aliphatic heterocycles. The molecule has 13 heteroatoms. The summed E-state index contributed by atoms with van der Waals surface area (Å²) in [6.07, 6.45) is -0.332. The minimum atomic E-state index is -1.54. The lowest BCUT2D eigenvalue weighted by Gasteiger charge is -2.27. The van der Waals surface area contributed by atoms with Crippen LogP contribution in [0.25, 0.3) is 0 Å². The molecule has 0 bridgehead atoms. The number of thiazole rings is 1. The zero-order chi connectivity index (χ0) is 19.7. The van der Waals surface area contributed by atoms with Gasteiger partial charge in [-0.05, 0) is 12.1 Å². The zero-order valence-electron chi connectivity index (χ0n) is 13.9. The van der Waals surface area contributed by atoms with Gasteiger partial charge in [0.15, 0.2) is 11.2 Å². The fraction of sp³-hybridized carbons (Fsp3) is 0.500. The van der Waals surface area contributed by atoms with E-state index in [0.29, 0.717) is 5.75 Å². The van der Waals surface area contributed by atoms with E-state index < -0.39 is 35.3 Å². The van der Waals surface area contributed by atoms with E-state index in [1.165, 1.54) is 17.1 Å². The molecule has 5 atom stereocenters. The number of hydrogen-bond acceptors (Lipinski definition) is 11. The van der Waals surface area contributed by atoms with Crippen molar-refractivity contribution in [3.63, 3.8) is 0 Å². The molecular formula is C14H15N5O6S2. The summed E-state index contributed by atoms with van der Waals surface area (Å²) in [7, 11) is 0. The van der Waals surface area contributed by atoms with E-state index in [1.807, 2.05) is 0 Å². The van der Waals surface area contributed by atoms with Crippen molar-refractivity contribution < 1.29 is 24.2 Å². The van der Waals surface area contributed by atoms with E-state index in [9.17, 15) is 24.4 Å². The van der Waals surface area contributed by atoms with Crippen molar-refractivity contribution in [1.29, 1.82) is 0 Å². The van der Waals surface area contributed by atoms with Gasteiger partial charge in [0, 0.05) is 11.1 Å². The van der Waals surface area contributed by atoms with E-state index in [0.717, 1.165) is 11.3 Å². The first-order valence-corrected chi connectivity index (χ1v) is 9.71. The summed E-state index contributed by atoms with van der Waals surface area (Å²) in [6.45, 7) is 1.74. The highest BCUT2D eigenvalue weighted by Gasteiger charge is 2.45. The molecule has 4 N–H and O–H groups in total. The normalized spacial score (nSPS) is 26.3. The second-order valence-corrected chi connectivity index (χ2v) is 7.94. The van der Waals surface area contributed by atoms with E-state index in [4.69, 9.17) is 10.5 Å². The Balaban J connectivity index is 1.79. The van der Waals surface area contributed by atoms with Gasteiger partial charge in [0.1, 0.15) is 17.2 Å². The Labute approximate surface area is 160 Å². The molecule has 11 nitrogen and oxygen atoms in total. The Bertz CT molecular complexity index is 827. The Morgan fingerprint density at radius 3 is 2.85 bits per heavy atom. The summed E-state index contributed by atoms with van der Waals surface area (Å²) in [6, 6.07) is -2.99. The maximum absolute atomic E-state index is 12.4. The lowest BCUT2D eigenvalue weighted by molar-refractivity contribution is -0.142. The highest BCUT2D eigenvalue weighted by molar-refractivity contribution is 8.00. The van der Waals surface area contributed by atoms with Gasteiger partial charge in [0.2, 0.25) is 6.04 Å². The molecule has 1 aromatic rings. The Hall–Kier alpha value is -2.54. The number of nitrogens with one attached hydrogen (secondary N) is 1. The number of amides is 1. The average Bonchev–Trinajstić information content (AvgIpc) is 3.16. The third-order valence-corrected chi connectivity index (χ3v) is 6.12. The number of ether oxygens (including phenoxy) is 1. The highest BCUT2D eigenvalue weighted by Crippen LogP contribution is 2.33. The van der Waals surface area contributed by atoms with Crippen LogP contribution < -0.4 is 11.1 Å². The van der Waals surface area contributed by atoms with Crippen LogP contribution in [0, 0.1) is 10.8 Å². The molecule has 27 heavy (non-hydrogen) atoms. The molecule has 1 fully saturated rings. The van der Waals surface area contributed by atoms with Crippen LogP contribution in [0.4, 0.5) is 5.13 Å². The minimum absolute atomic E-state index is 0.0324.